The second-order valence-electron chi connectivity index (χ2n) is 4.28. The highest BCUT2D eigenvalue weighted by Gasteiger charge is 2.33. The van der Waals surface area contributed by atoms with Crippen LogP contribution >= 0.6 is 0 Å². The van der Waals surface area contributed by atoms with Crippen LogP contribution in [0.25, 0.3) is 0 Å². The third-order valence-corrected chi connectivity index (χ3v) is 2.90. The van der Waals surface area contributed by atoms with Gasteiger partial charge in [0, 0.05) is 13.2 Å². The highest BCUT2D eigenvalue weighted by molar-refractivity contribution is 5.84. The van der Waals surface area contributed by atoms with Gasteiger partial charge in [-0.3, -0.25) is 9.78 Å². The molecule has 0 aliphatic carbocycles. The number of pyridine rings is 1. The van der Waals surface area contributed by atoms with Crippen LogP contribution in [0, 0.1) is 16.7 Å². The number of hydrogen-bond acceptors (Lipinski definition) is 3. The summed E-state index contributed by atoms with van der Waals surface area (Å²) in [5, 5.41) is 9.06. The summed E-state index contributed by atoms with van der Waals surface area (Å²) in [4.78, 5) is 17.8. The van der Waals surface area contributed by atoms with E-state index in [2.05, 4.69) is 11.1 Å². The second-order valence-corrected chi connectivity index (χ2v) is 4.28. The Hall–Kier alpha value is -1.89. The molecule has 0 aliphatic rings. The van der Waals surface area contributed by atoms with Gasteiger partial charge in [-0.2, -0.15) is 5.26 Å². The van der Waals surface area contributed by atoms with E-state index in [4.69, 9.17) is 5.26 Å². The zero-order valence-corrected chi connectivity index (χ0v) is 10.5. The fraction of sp³-hybridized carbons (Fsp3) is 0.462. The molecule has 4 heteroatoms. The minimum Gasteiger partial charge on any atom is -0.338 e. The lowest BCUT2D eigenvalue weighted by atomic mass is 9.88. The summed E-state index contributed by atoms with van der Waals surface area (Å²) < 4.78 is 0. The molecule has 1 rings (SSSR count). The number of rotatable bonds is 4. The minimum absolute atomic E-state index is 0.159. The molecule has 0 spiro atoms. The van der Waals surface area contributed by atoms with Gasteiger partial charge in [0.25, 0.3) is 0 Å². The van der Waals surface area contributed by atoms with Crippen LogP contribution in [0.5, 0.6) is 0 Å². The molecule has 0 N–H and O–H groups in total. The van der Waals surface area contributed by atoms with E-state index < -0.39 is 5.41 Å². The average molecular weight is 231 g/mol. The Morgan fingerprint density at radius 3 is 2.76 bits per heavy atom. The van der Waals surface area contributed by atoms with Crippen molar-refractivity contribution in [3.05, 3.63) is 30.1 Å². The zero-order chi connectivity index (χ0) is 12.9. The first kappa shape index (κ1) is 13.2. The molecular formula is C13H17N3O. The largest absolute Gasteiger partial charge is 0.338 e. The predicted octanol–water partition coefficient (Wildman–Crippen LogP) is 1.98. The quantitative estimate of drug-likeness (QED) is 0.796. The fourth-order valence-corrected chi connectivity index (χ4v) is 1.51. The zero-order valence-electron chi connectivity index (χ0n) is 10.5. The molecule has 0 aliphatic heterocycles. The van der Waals surface area contributed by atoms with E-state index in [0.717, 1.165) is 5.69 Å². The normalized spacial score (nSPS) is 13.5. The van der Waals surface area contributed by atoms with Gasteiger partial charge in [-0.05, 0) is 25.5 Å². The van der Waals surface area contributed by atoms with Crippen molar-refractivity contribution in [3.8, 4) is 6.07 Å². The molecule has 0 saturated heterocycles. The van der Waals surface area contributed by atoms with Gasteiger partial charge in [-0.1, -0.05) is 13.0 Å². The number of nitriles is 1. The summed E-state index contributed by atoms with van der Waals surface area (Å²) in [5.74, 6) is -0.159. The van der Waals surface area contributed by atoms with Crippen molar-refractivity contribution in [1.82, 2.24) is 9.88 Å². The molecule has 1 atom stereocenters. The monoisotopic (exact) mass is 231 g/mol. The Kier molecular flexibility index (Phi) is 4.22. The van der Waals surface area contributed by atoms with Crippen LogP contribution < -0.4 is 0 Å². The highest BCUT2D eigenvalue weighted by Crippen LogP contribution is 2.22. The number of aromatic nitrogens is 1. The molecule has 4 nitrogen and oxygen atoms in total. The lowest BCUT2D eigenvalue weighted by Gasteiger charge is -2.25. The summed E-state index contributed by atoms with van der Waals surface area (Å²) >= 11 is 0. The standard InChI is InChI=1S/C13H17N3O/c1-4-13(2,10-14)12(17)16(3)9-11-7-5-6-8-15-11/h5-8H,4,9H2,1-3H3. The van der Waals surface area contributed by atoms with Crippen LogP contribution in [-0.4, -0.2) is 22.8 Å². The van der Waals surface area contributed by atoms with Crippen molar-refractivity contribution in [3.63, 3.8) is 0 Å². The molecule has 0 bridgehead atoms. The van der Waals surface area contributed by atoms with Gasteiger partial charge < -0.3 is 4.90 Å². The Labute approximate surface area is 102 Å². The van der Waals surface area contributed by atoms with E-state index in [1.807, 2.05) is 25.1 Å². The average Bonchev–Trinajstić information content (AvgIpc) is 2.38. The molecule has 0 fully saturated rings. The van der Waals surface area contributed by atoms with Crippen molar-refractivity contribution in [2.24, 2.45) is 5.41 Å². The fourth-order valence-electron chi connectivity index (χ4n) is 1.51. The first-order valence-corrected chi connectivity index (χ1v) is 5.60. The van der Waals surface area contributed by atoms with Gasteiger partial charge in [0.1, 0.15) is 5.41 Å². The summed E-state index contributed by atoms with van der Waals surface area (Å²) in [6, 6.07) is 7.65. The smallest absolute Gasteiger partial charge is 0.242 e. The number of amides is 1. The molecule has 0 radical (unpaired) electrons. The van der Waals surface area contributed by atoms with E-state index in [1.54, 1.807) is 25.1 Å². The molecule has 17 heavy (non-hydrogen) atoms. The van der Waals surface area contributed by atoms with Crippen LogP contribution in [0.3, 0.4) is 0 Å². The number of nitrogens with zero attached hydrogens (tertiary/aromatic N) is 3. The van der Waals surface area contributed by atoms with Crippen molar-refractivity contribution in [2.75, 3.05) is 7.05 Å². The third kappa shape index (κ3) is 3.04. The topological polar surface area (TPSA) is 57.0 Å². The number of carbonyl (C=O) groups is 1. The maximum Gasteiger partial charge on any atom is 0.242 e. The van der Waals surface area contributed by atoms with Crippen LogP contribution in [-0.2, 0) is 11.3 Å². The van der Waals surface area contributed by atoms with Crippen LogP contribution in [0.4, 0.5) is 0 Å². The van der Waals surface area contributed by atoms with Crippen molar-refractivity contribution in [2.45, 2.75) is 26.8 Å². The Morgan fingerprint density at radius 2 is 2.29 bits per heavy atom. The van der Waals surface area contributed by atoms with Gasteiger partial charge in [0.05, 0.1) is 18.3 Å². The molecule has 1 heterocycles. The molecule has 0 aromatic carbocycles. The van der Waals surface area contributed by atoms with Gasteiger partial charge in [0.2, 0.25) is 5.91 Å². The van der Waals surface area contributed by atoms with E-state index in [9.17, 15) is 4.79 Å². The second kappa shape index (κ2) is 5.44. The summed E-state index contributed by atoms with van der Waals surface area (Å²) in [7, 11) is 1.70. The Morgan fingerprint density at radius 1 is 1.59 bits per heavy atom. The minimum atomic E-state index is -0.941. The summed E-state index contributed by atoms with van der Waals surface area (Å²) in [6.45, 7) is 3.94. The molecule has 0 saturated carbocycles. The summed E-state index contributed by atoms with van der Waals surface area (Å²) in [5.41, 5.74) is -0.122. The molecule has 1 aromatic rings. The molecule has 1 unspecified atom stereocenters. The van der Waals surface area contributed by atoms with Gasteiger partial charge in [-0.25, -0.2) is 0 Å². The van der Waals surface area contributed by atoms with E-state index in [0.29, 0.717) is 13.0 Å². The van der Waals surface area contributed by atoms with Gasteiger partial charge in [-0.15, -0.1) is 0 Å². The van der Waals surface area contributed by atoms with E-state index in [1.165, 1.54) is 0 Å². The first-order valence-electron chi connectivity index (χ1n) is 5.60. The Balaban J connectivity index is 2.75. The molecule has 90 valence electrons. The Bertz CT molecular complexity index is 424. The maximum atomic E-state index is 12.1. The van der Waals surface area contributed by atoms with Crippen LogP contribution in [0.15, 0.2) is 24.4 Å². The van der Waals surface area contributed by atoms with Crippen molar-refractivity contribution < 1.29 is 4.79 Å². The van der Waals surface area contributed by atoms with Gasteiger partial charge >= 0.3 is 0 Å². The number of hydrogen-bond donors (Lipinski definition) is 0. The van der Waals surface area contributed by atoms with E-state index in [-0.39, 0.29) is 5.91 Å². The van der Waals surface area contributed by atoms with Crippen molar-refractivity contribution >= 4 is 5.91 Å². The number of carbonyl (C=O) groups excluding carboxylic acids is 1. The molecule has 1 amide bonds. The molecule has 1 aromatic heterocycles. The highest BCUT2D eigenvalue weighted by atomic mass is 16.2. The molecular weight excluding hydrogens is 214 g/mol. The lowest BCUT2D eigenvalue weighted by Crippen LogP contribution is -2.38. The van der Waals surface area contributed by atoms with E-state index >= 15 is 0 Å². The van der Waals surface area contributed by atoms with Crippen molar-refractivity contribution in [1.29, 1.82) is 5.26 Å². The summed E-state index contributed by atoms with van der Waals surface area (Å²) in [6.07, 6.45) is 2.20. The SMILES string of the molecule is CCC(C)(C#N)C(=O)N(C)Cc1ccccn1. The maximum absolute atomic E-state index is 12.1. The van der Waals surface area contributed by atoms with Crippen LogP contribution in [0.2, 0.25) is 0 Å². The van der Waals surface area contributed by atoms with Gasteiger partial charge in [0.15, 0.2) is 0 Å². The van der Waals surface area contributed by atoms with Crippen LogP contribution in [0.1, 0.15) is 26.0 Å². The third-order valence-electron chi connectivity index (χ3n) is 2.90. The predicted molar refractivity (Wildman–Crippen MR) is 64.7 cm³/mol. The first-order chi connectivity index (χ1) is 8.03. The lowest BCUT2D eigenvalue weighted by molar-refractivity contribution is -0.137.